The van der Waals surface area contributed by atoms with Crippen molar-refractivity contribution in [1.82, 2.24) is 0 Å². The minimum absolute atomic E-state index is 0.484. The van der Waals surface area contributed by atoms with Gasteiger partial charge in [-0.1, -0.05) is 6.58 Å². The van der Waals surface area contributed by atoms with Gasteiger partial charge in [0.1, 0.15) is 0 Å². The zero-order valence-electron chi connectivity index (χ0n) is 3.28. The number of hydrogen-bond donors (Lipinski definition) is 0. The van der Waals surface area contributed by atoms with Crippen molar-refractivity contribution in [3.05, 3.63) is 24.1 Å². The molecular formula is C4H5BrO. The number of halogens is 1. The molecule has 0 heterocycles. The summed E-state index contributed by atoms with van der Waals surface area (Å²) in [7, 11) is 0. The second-order valence-electron chi connectivity index (χ2n) is 0.640. The van der Waals surface area contributed by atoms with Crippen LogP contribution in [0.25, 0.3) is 0 Å². The molecular weight excluding hydrogens is 144 g/mol. The fourth-order valence-electron chi connectivity index (χ4n) is 0.0904. The summed E-state index contributed by atoms with van der Waals surface area (Å²) >= 11 is 2.95. The summed E-state index contributed by atoms with van der Waals surface area (Å²) in [4.78, 5) is 0. The van der Waals surface area contributed by atoms with E-state index in [-0.39, 0.29) is 0 Å². The lowest BCUT2D eigenvalue weighted by atomic mass is 11.1. The average molecular weight is 149 g/mol. The molecule has 0 aromatic rings. The van der Waals surface area contributed by atoms with Crippen LogP contribution >= 0.6 is 15.9 Å². The number of hydrogen-bond acceptors (Lipinski definition) is 1. The van der Waals surface area contributed by atoms with E-state index in [1.807, 2.05) is 0 Å². The summed E-state index contributed by atoms with van der Waals surface area (Å²) in [6, 6.07) is 0. The molecule has 0 atom stereocenters. The lowest BCUT2D eigenvalue weighted by molar-refractivity contribution is 0.395. The predicted molar refractivity (Wildman–Crippen MR) is 29.3 cm³/mol. The molecule has 6 heavy (non-hydrogen) atoms. The molecule has 0 saturated heterocycles. The van der Waals surface area contributed by atoms with Crippen LogP contribution in [0, 0.1) is 0 Å². The lowest BCUT2D eigenvalue weighted by Gasteiger charge is -1.87. The maximum atomic E-state index is 4.53. The molecule has 1 nitrogen and oxygen atoms in total. The monoisotopic (exact) mass is 148 g/mol. The van der Waals surface area contributed by atoms with E-state index in [4.69, 9.17) is 0 Å². The highest BCUT2D eigenvalue weighted by Crippen LogP contribution is 2.00. The first-order valence-corrected chi connectivity index (χ1v) is 2.18. The van der Waals surface area contributed by atoms with Gasteiger partial charge in [0.05, 0.1) is 6.26 Å². The minimum Gasteiger partial charge on any atom is -0.459 e. The summed E-state index contributed by atoms with van der Waals surface area (Å²) in [5, 5.41) is 0. The molecule has 2 heteroatoms. The Morgan fingerprint density at radius 2 is 2.33 bits per heavy atom. The van der Waals surface area contributed by atoms with Gasteiger partial charge < -0.3 is 4.74 Å². The predicted octanol–water partition coefficient (Wildman–Crippen LogP) is 2.01. The highest BCUT2D eigenvalue weighted by Gasteiger charge is 1.72. The highest BCUT2D eigenvalue weighted by molar-refractivity contribution is 9.11. The standard InChI is InChI=1S/C4H5BrO/c1-3-6-4(2)5/h3H,1-2H2. The Kier molecular flexibility index (Phi) is 2.85. The van der Waals surface area contributed by atoms with Gasteiger partial charge in [-0.3, -0.25) is 0 Å². The fraction of sp³-hybridized carbons (Fsp3) is 0. The van der Waals surface area contributed by atoms with Crippen LogP contribution in [0.2, 0.25) is 0 Å². The molecule has 0 fully saturated rings. The maximum absolute atomic E-state index is 4.53. The summed E-state index contributed by atoms with van der Waals surface area (Å²) in [6.45, 7) is 6.66. The summed E-state index contributed by atoms with van der Waals surface area (Å²) in [5.41, 5.74) is 0. The largest absolute Gasteiger partial charge is 0.459 e. The first kappa shape index (κ1) is 5.76. The Hall–Kier alpha value is -0.240. The summed E-state index contributed by atoms with van der Waals surface area (Å²) in [5.74, 6) is 0. The summed E-state index contributed by atoms with van der Waals surface area (Å²) < 4.78 is 5.01. The molecule has 0 aromatic heterocycles. The van der Waals surface area contributed by atoms with Crippen molar-refractivity contribution in [3.63, 3.8) is 0 Å². The van der Waals surface area contributed by atoms with E-state index in [1.165, 1.54) is 6.26 Å². The van der Waals surface area contributed by atoms with Gasteiger partial charge in [0.2, 0.25) is 0 Å². The zero-order valence-corrected chi connectivity index (χ0v) is 4.86. The molecule has 0 bridgehead atoms. The van der Waals surface area contributed by atoms with Gasteiger partial charge in [0, 0.05) is 0 Å². The first-order chi connectivity index (χ1) is 2.77. The smallest absolute Gasteiger partial charge is 0.161 e. The van der Waals surface area contributed by atoms with Crippen molar-refractivity contribution >= 4 is 15.9 Å². The van der Waals surface area contributed by atoms with Crippen molar-refractivity contribution in [2.75, 3.05) is 0 Å². The second kappa shape index (κ2) is 2.97. The van der Waals surface area contributed by atoms with Gasteiger partial charge in [0.25, 0.3) is 0 Å². The molecule has 0 unspecified atom stereocenters. The van der Waals surface area contributed by atoms with Crippen molar-refractivity contribution in [2.45, 2.75) is 0 Å². The summed E-state index contributed by atoms with van der Waals surface area (Å²) in [6.07, 6.45) is 1.30. The maximum Gasteiger partial charge on any atom is 0.161 e. The lowest BCUT2D eigenvalue weighted by Crippen LogP contribution is -1.63. The van der Waals surface area contributed by atoms with E-state index < -0.39 is 0 Å². The van der Waals surface area contributed by atoms with E-state index in [0.717, 1.165) is 0 Å². The molecule has 0 aliphatic rings. The van der Waals surface area contributed by atoms with Crippen LogP contribution in [0.15, 0.2) is 24.1 Å². The molecule has 0 N–H and O–H groups in total. The van der Waals surface area contributed by atoms with Crippen LogP contribution in [-0.2, 0) is 4.74 Å². The topological polar surface area (TPSA) is 9.23 Å². The Labute approximate surface area is 45.4 Å². The quantitative estimate of drug-likeness (QED) is 0.545. The van der Waals surface area contributed by atoms with Crippen molar-refractivity contribution in [3.8, 4) is 0 Å². The Bertz CT molecular complexity index is 67.9. The van der Waals surface area contributed by atoms with Gasteiger partial charge >= 0.3 is 0 Å². The van der Waals surface area contributed by atoms with Crippen LogP contribution in [0.3, 0.4) is 0 Å². The third-order valence-corrected chi connectivity index (χ3v) is 0.398. The van der Waals surface area contributed by atoms with E-state index in [2.05, 4.69) is 33.8 Å². The van der Waals surface area contributed by atoms with Crippen LogP contribution in [0.1, 0.15) is 0 Å². The fourth-order valence-corrected chi connectivity index (χ4v) is 0.223. The van der Waals surface area contributed by atoms with Crippen LogP contribution < -0.4 is 0 Å². The highest BCUT2D eigenvalue weighted by atomic mass is 79.9. The van der Waals surface area contributed by atoms with Gasteiger partial charge in [-0.15, -0.1) is 0 Å². The molecule has 0 aliphatic heterocycles. The van der Waals surface area contributed by atoms with E-state index in [9.17, 15) is 0 Å². The molecule has 0 saturated carbocycles. The molecule has 0 aliphatic carbocycles. The molecule has 0 rings (SSSR count). The van der Waals surface area contributed by atoms with Gasteiger partial charge in [-0.05, 0) is 22.5 Å². The van der Waals surface area contributed by atoms with Crippen molar-refractivity contribution in [1.29, 1.82) is 0 Å². The Balaban J connectivity index is 3.05. The number of ether oxygens (including phenoxy) is 1. The molecule has 0 spiro atoms. The van der Waals surface area contributed by atoms with E-state index >= 15 is 0 Å². The van der Waals surface area contributed by atoms with Crippen molar-refractivity contribution in [2.24, 2.45) is 0 Å². The molecule has 0 aromatic carbocycles. The van der Waals surface area contributed by atoms with Gasteiger partial charge in [-0.2, -0.15) is 0 Å². The van der Waals surface area contributed by atoms with Gasteiger partial charge in [-0.25, -0.2) is 0 Å². The first-order valence-electron chi connectivity index (χ1n) is 1.39. The average Bonchev–Trinajstić information content (AvgIpc) is 1.35. The third kappa shape index (κ3) is 3.76. The van der Waals surface area contributed by atoms with Crippen LogP contribution in [-0.4, -0.2) is 0 Å². The Morgan fingerprint density at radius 1 is 1.83 bits per heavy atom. The Morgan fingerprint density at radius 3 is 2.33 bits per heavy atom. The van der Waals surface area contributed by atoms with Crippen molar-refractivity contribution < 1.29 is 4.74 Å². The van der Waals surface area contributed by atoms with E-state index in [1.54, 1.807) is 0 Å². The minimum atomic E-state index is 0.484. The SMILES string of the molecule is C=COC(=C)Br. The second-order valence-corrected chi connectivity index (χ2v) is 1.52. The van der Waals surface area contributed by atoms with Gasteiger partial charge in [0.15, 0.2) is 4.67 Å². The molecule has 0 amide bonds. The number of rotatable bonds is 2. The zero-order chi connectivity index (χ0) is 4.99. The normalized spacial score (nSPS) is 6.83. The van der Waals surface area contributed by atoms with Crippen LogP contribution in [0.5, 0.6) is 0 Å². The third-order valence-electron chi connectivity index (χ3n) is 0.211. The molecule has 0 radical (unpaired) electrons. The van der Waals surface area contributed by atoms with Crippen LogP contribution in [0.4, 0.5) is 0 Å². The molecule has 34 valence electrons. The van der Waals surface area contributed by atoms with E-state index in [0.29, 0.717) is 4.67 Å².